The molecule has 0 radical (unpaired) electrons. The molecule has 0 saturated carbocycles. The number of hydrogen-bond donors (Lipinski definition) is 2. The summed E-state index contributed by atoms with van der Waals surface area (Å²) >= 11 is 5.76. The molecule has 0 aliphatic rings. The predicted molar refractivity (Wildman–Crippen MR) is 98.6 cm³/mol. The highest BCUT2D eigenvalue weighted by atomic mass is 35.5. The molecule has 0 bridgehead atoms. The van der Waals surface area contributed by atoms with Crippen molar-refractivity contribution in [3.8, 4) is 5.82 Å². The molecule has 0 fully saturated rings. The number of rotatable bonds is 4. The molecule has 3 aromatic heterocycles. The van der Waals surface area contributed by atoms with E-state index in [4.69, 9.17) is 11.6 Å². The van der Waals surface area contributed by atoms with Gasteiger partial charge in [-0.2, -0.15) is 26.3 Å². The van der Waals surface area contributed by atoms with Crippen LogP contribution in [0, 0.1) is 6.92 Å². The molecule has 31 heavy (non-hydrogen) atoms. The molecule has 3 aromatic rings. The Kier molecular flexibility index (Phi) is 5.85. The molecule has 3 rings (SSSR count). The van der Waals surface area contributed by atoms with Crippen molar-refractivity contribution in [1.29, 1.82) is 0 Å². The Morgan fingerprint density at radius 1 is 1.03 bits per heavy atom. The summed E-state index contributed by atoms with van der Waals surface area (Å²) in [6, 6.07) is 4.38. The standard InChI is InChI=1S/C18H12ClF6N5O/c1-9-5-10(17(20,21)22)8-27-15(9)30-4-2-3-13(30)16(31)29-28-14-12(19)6-11(7-26-14)18(23,24)25/h2-8H,1H3,(H,26,28)(H,29,31). The molecule has 0 aliphatic carbocycles. The second-order valence-corrected chi connectivity index (χ2v) is 6.66. The summed E-state index contributed by atoms with van der Waals surface area (Å²) in [6.07, 6.45) is -6.59. The van der Waals surface area contributed by atoms with Crippen molar-refractivity contribution in [2.75, 3.05) is 5.43 Å². The molecule has 0 unspecified atom stereocenters. The number of hydrogen-bond acceptors (Lipinski definition) is 4. The van der Waals surface area contributed by atoms with Gasteiger partial charge in [0.15, 0.2) is 5.82 Å². The number of carbonyl (C=O) groups is 1. The number of alkyl halides is 6. The van der Waals surface area contributed by atoms with E-state index >= 15 is 0 Å². The highest BCUT2D eigenvalue weighted by Gasteiger charge is 2.32. The normalized spacial score (nSPS) is 12.0. The Labute approximate surface area is 175 Å². The van der Waals surface area contributed by atoms with Gasteiger partial charge in [-0.15, -0.1) is 0 Å². The van der Waals surface area contributed by atoms with Crippen molar-refractivity contribution in [1.82, 2.24) is 20.0 Å². The van der Waals surface area contributed by atoms with Crippen LogP contribution in [0.15, 0.2) is 42.9 Å². The summed E-state index contributed by atoms with van der Waals surface area (Å²) in [5.74, 6) is -0.900. The summed E-state index contributed by atoms with van der Waals surface area (Å²) in [6.45, 7) is 1.41. The van der Waals surface area contributed by atoms with Crippen molar-refractivity contribution in [2.24, 2.45) is 0 Å². The van der Waals surface area contributed by atoms with Gasteiger partial charge in [0.25, 0.3) is 5.91 Å². The van der Waals surface area contributed by atoms with Crippen LogP contribution in [-0.2, 0) is 12.4 Å². The van der Waals surface area contributed by atoms with Crippen molar-refractivity contribution in [3.05, 3.63) is 70.3 Å². The van der Waals surface area contributed by atoms with Gasteiger partial charge in [-0.3, -0.25) is 20.2 Å². The number of halogens is 7. The maximum absolute atomic E-state index is 12.8. The van der Waals surface area contributed by atoms with E-state index in [1.807, 2.05) is 0 Å². The average Bonchev–Trinajstić information content (AvgIpc) is 3.14. The Bertz CT molecular complexity index is 1130. The van der Waals surface area contributed by atoms with E-state index in [1.165, 1.54) is 29.8 Å². The maximum atomic E-state index is 12.8. The fourth-order valence-electron chi connectivity index (χ4n) is 2.59. The van der Waals surface area contributed by atoms with Gasteiger partial charge in [0.1, 0.15) is 11.5 Å². The average molecular weight is 464 g/mol. The second kappa shape index (κ2) is 8.10. The third kappa shape index (κ3) is 4.90. The molecular weight excluding hydrogens is 452 g/mol. The first-order valence-electron chi connectivity index (χ1n) is 8.38. The molecular formula is C18H12ClF6N5O. The number of aryl methyl sites for hydroxylation is 1. The first-order chi connectivity index (χ1) is 14.4. The number of nitrogens with zero attached hydrogens (tertiary/aromatic N) is 3. The van der Waals surface area contributed by atoms with Crippen LogP contribution in [0.3, 0.4) is 0 Å². The van der Waals surface area contributed by atoms with Crippen LogP contribution in [0.4, 0.5) is 32.2 Å². The zero-order chi connectivity index (χ0) is 23.0. The summed E-state index contributed by atoms with van der Waals surface area (Å²) in [5.41, 5.74) is 2.69. The third-order valence-electron chi connectivity index (χ3n) is 4.05. The molecule has 0 aromatic carbocycles. The van der Waals surface area contributed by atoms with Crippen LogP contribution >= 0.6 is 11.6 Å². The molecule has 1 amide bonds. The number of nitrogens with one attached hydrogen (secondary N) is 2. The summed E-state index contributed by atoms with van der Waals surface area (Å²) in [4.78, 5) is 19.8. The minimum Gasteiger partial charge on any atom is -0.296 e. The van der Waals surface area contributed by atoms with Gasteiger partial charge in [0, 0.05) is 18.6 Å². The zero-order valence-corrected chi connectivity index (χ0v) is 16.2. The van der Waals surface area contributed by atoms with Gasteiger partial charge in [0.05, 0.1) is 16.1 Å². The van der Waals surface area contributed by atoms with Gasteiger partial charge in [-0.05, 0) is 36.8 Å². The largest absolute Gasteiger partial charge is 0.417 e. The van der Waals surface area contributed by atoms with E-state index < -0.39 is 29.4 Å². The first-order valence-corrected chi connectivity index (χ1v) is 8.76. The lowest BCUT2D eigenvalue weighted by Gasteiger charge is -2.14. The Morgan fingerprint density at radius 3 is 2.23 bits per heavy atom. The molecule has 6 nitrogen and oxygen atoms in total. The van der Waals surface area contributed by atoms with E-state index in [1.54, 1.807) is 0 Å². The number of hydrazine groups is 1. The van der Waals surface area contributed by atoms with Crippen molar-refractivity contribution in [3.63, 3.8) is 0 Å². The van der Waals surface area contributed by atoms with Crippen LogP contribution in [0.1, 0.15) is 27.2 Å². The number of aromatic nitrogens is 3. The molecule has 164 valence electrons. The van der Waals surface area contributed by atoms with Gasteiger partial charge < -0.3 is 0 Å². The number of carbonyl (C=O) groups excluding carboxylic acids is 1. The van der Waals surface area contributed by atoms with Crippen molar-refractivity contribution >= 4 is 23.3 Å². The van der Waals surface area contributed by atoms with Gasteiger partial charge in [0.2, 0.25) is 0 Å². The highest BCUT2D eigenvalue weighted by Crippen LogP contribution is 2.32. The van der Waals surface area contributed by atoms with Crippen LogP contribution in [0.25, 0.3) is 5.82 Å². The molecule has 13 heteroatoms. The second-order valence-electron chi connectivity index (χ2n) is 6.26. The molecule has 0 atom stereocenters. The molecule has 3 heterocycles. The molecule has 2 N–H and O–H groups in total. The summed E-state index contributed by atoms with van der Waals surface area (Å²) in [5, 5.41) is -0.384. The Morgan fingerprint density at radius 2 is 1.65 bits per heavy atom. The monoisotopic (exact) mass is 463 g/mol. The fraction of sp³-hybridized carbons (Fsp3) is 0.167. The quantitative estimate of drug-likeness (QED) is 0.421. The zero-order valence-electron chi connectivity index (χ0n) is 15.4. The molecule has 0 saturated heterocycles. The molecule has 0 spiro atoms. The topological polar surface area (TPSA) is 71.8 Å². The fourth-order valence-corrected chi connectivity index (χ4v) is 2.80. The van der Waals surface area contributed by atoms with E-state index in [0.29, 0.717) is 18.5 Å². The van der Waals surface area contributed by atoms with Crippen molar-refractivity contribution in [2.45, 2.75) is 19.3 Å². The minimum atomic E-state index is -4.63. The molecule has 0 aliphatic heterocycles. The summed E-state index contributed by atoms with van der Waals surface area (Å²) < 4.78 is 77.8. The van der Waals surface area contributed by atoms with Crippen LogP contribution in [0.5, 0.6) is 0 Å². The lowest BCUT2D eigenvalue weighted by molar-refractivity contribution is -0.138. The number of anilines is 1. The van der Waals surface area contributed by atoms with Gasteiger partial charge >= 0.3 is 12.4 Å². The van der Waals surface area contributed by atoms with Crippen LogP contribution in [-0.4, -0.2) is 20.4 Å². The van der Waals surface area contributed by atoms with Crippen LogP contribution < -0.4 is 10.9 Å². The van der Waals surface area contributed by atoms with E-state index in [9.17, 15) is 31.1 Å². The Balaban J connectivity index is 1.79. The lowest BCUT2D eigenvalue weighted by Crippen LogP contribution is -2.31. The predicted octanol–water partition coefficient (Wildman–Crippen LogP) is 5.02. The minimum absolute atomic E-state index is 0.00843. The van der Waals surface area contributed by atoms with E-state index in [-0.39, 0.29) is 27.9 Å². The SMILES string of the molecule is Cc1cc(C(F)(F)F)cnc1-n1cccc1C(=O)NNc1ncc(C(F)(F)F)cc1Cl. The van der Waals surface area contributed by atoms with E-state index in [2.05, 4.69) is 20.8 Å². The first kappa shape index (κ1) is 22.4. The number of pyridine rings is 2. The lowest BCUT2D eigenvalue weighted by atomic mass is 10.2. The van der Waals surface area contributed by atoms with Gasteiger partial charge in [-0.1, -0.05) is 11.6 Å². The van der Waals surface area contributed by atoms with Crippen molar-refractivity contribution < 1.29 is 31.1 Å². The highest BCUT2D eigenvalue weighted by molar-refractivity contribution is 6.33. The summed E-state index contributed by atoms with van der Waals surface area (Å²) in [7, 11) is 0. The number of amides is 1. The maximum Gasteiger partial charge on any atom is 0.417 e. The van der Waals surface area contributed by atoms with Crippen LogP contribution in [0.2, 0.25) is 5.02 Å². The Hall–Kier alpha value is -3.28. The van der Waals surface area contributed by atoms with E-state index in [0.717, 1.165) is 6.07 Å². The third-order valence-corrected chi connectivity index (χ3v) is 4.34. The smallest absolute Gasteiger partial charge is 0.296 e. The van der Waals surface area contributed by atoms with Gasteiger partial charge in [-0.25, -0.2) is 9.97 Å².